The third-order valence-corrected chi connectivity index (χ3v) is 8.68. The molecule has 3 rings (SSSR count). The molecule has 1 heterocycles. The van der Waals surface area contributed by atoms with Crippen LogP contribution in [0.5, 0.6) is 11.5 Å². The summed E-state index contributed by atoms with van der Waals surface area (Å²) in [7, 11) is -2.37. The smallest absolute Gasteiger partial charge is 0.284 e. The fourth-order valence-corrected chi connectivity index (χ4v) is 6.26. The van der Waals surface area contributed by atoms with Crippen molar-refractivity contribution in [3.63, 3.8) is 0 Å². The van der Waals surface area contributed by atoms with Gasteiger partial charge in [0.1, 0.15) is 0 Å². The second-order valence-corrected chi connectivity index (χ2v) is 11.6. The van der Waals surface area contributed by atoms with Gasteiger partial charge in [0.25, 0.3) is 15.9 Å². The maximum atomic E-state index is 13.1. The van der Waals surface area contributed by atoms with E-state index in [4.69, 9.17) is 9.47 Å². The molecular weight excluding hydrogens is 520 g/mol. The molecule has 1 saturated heterocycles. The van der Waals surface area contributed by atoms with E-state index in [2.05, 4.69) is 11.3 Å². The molecule has 1 amide bonds. The van der Waals surface area contributed by atoms with Gasteiger partial charge >= 0.3 is 0 Å². The number of rotatable bonds is 14. The van der Waals surface area contributed by atoms with Crippen molar-refractivity contribution in [2.75, 3.05) is 20.3 Å². The number of benzene rings is 2. The summed E-state index contributed by atoms with van der Waals surface area (Å²) in [6.07, 6.45) is 9.66. The fraction of sp³-hybridized carbons (Fsp3) is 0.448. The van der Waals surface area contributed by atoms with E-state index in [9.17, 15) is 13.2 Å². The van der Waals surface area contributed by atoms with E-state index in [0.717, 1.165) is 42.2 Å². The second-order valence-electron chi connectivity index (χ2n) is 9.03. The van der Waals surface area contributed by atoms with Gasteiger partial charge in [-0.25, -0.2) is 0 Å². The van der Waals surface area contributed by atoms with Crippen molar-refractivity contribution < 1.29 is 22.7 Å². The fourth-order valence-electron chi connectivity index (χ4n) is 4.02. The van der Waals surface area contributed by atoms with Crippen molar-refractivity contribution in [3.8, 4) is 11.5 Å². The molecular formula is C29H38N2O5S2. The van der Waals surface area contributed by atoms with E-state index in [1.54, 1.807) is 44.4 Å². The molecule has 9 heteroatoms. The molecule has 7 nitrogen and oxygen atoms in total. The minimum Gasteiger partial charge on any atom is -0.493 e. The summed E-state index contributed by atoms with van der Waals surface area (Å²) in [6.45, 7) is 6.93. The third kappa shape index (κ3) is 7.86. The Kier molecular flexibility index (Phi) is 11.3. The van der Waals surface area contributed by atoms with E-state index >= 15 is 0 Å². The van der Waals surface area contributed by atoms with Crippen LogP contribution >= 0.6 is 11.8 Å². The zero-order chi connectivity index (χ0) is 27.5. The van der Waals surface area contributed by atoms with Gasteiger partial charge in [0.05, 0.1) is 23.5 Å². The lowest BCUT2D eigenvalue weighted by Gasteiger charge is -2.12. The molecule has 0 atom stereocenters. The molecule has 0 bridgehead atoms. The van der Waals surface area contributed by atoms with Crippen molar-refractivity contribution in [2.45, 2.75) is 70.6 Å². The third-order valence-electron chi connectivity index (χ3n) is 6.27. The summed E-state index contributed by atoms with van der Waals surface area (Å²) in [5.74, 6) is 0.960. The summed E-state index contributed by atoms with van der Waals surface area (Å²) in [6, 6.07) is 12.2. The number of ether oxygens (including phenoxy) is 2. The van der Waals surface area contributed by atoms with Gasteiger partial charge in [-0.2, -0.15) is 8.42 Å². The van der Waals surface area contributed by atoms with Crippen LogP contribution in [-0.2, 0) is 21.2 Å². The highest BCUT2D eigenvalue weighted by molar-refractivity contribution is 8.19. The molecule has 0 unspecified atom stereocenters. The van der Waals surface area contributed by atoms with Gasteiger partial charge in [0.15, 0.2) is 16.7 Å². The minimum absolute atomic E-state index is 0.102. The van der Waals surface area contributed by atoms with Gasteiger partial charge in [-0.1, -0.05) is 64.2 Å². The monoisotopic (exact) mass is 558 g/mol. The van der Waals surface area contributed by atoms with Crippen molar-refractivity contribution in [2.24, 2.45) is 4.40 Å². The SMILES string of the molecule is CCCCCCCCOc1ccc(/C=C2\SC(=NS(=O)(=O)c3ccc(CC)cc3)N(CC)C2=O)cc1OC. The van der Waals surface area contributed by atoms with E-state index in [1.807, 2.05) is 25.1 Å². The van der Waals surface area contributed by atoms with Crippen LogP contribution < -0.4 is 9.47 Å². The van der Waals surface area contributed by atoms with Crippen LogP contribution in [0, 0.1) is 0 Å². The Morgan fingerprint density at radius 2 is 1.66 bits per heavy atom. The molecule has 1 aliphatic heterocycles. The summed E-state index contributed by atoms with van der Waals surface area (Å²) in [4.78, 5) is 14.9. The van der Waals surface area contributed by atoms with Crippen LogP contribution in [0.15, 0.2) is 56.7 Å². The summed E-state index contributed by atoms with van der Waals surface area (Å²) in [5, 5.41) is 0.147. The Bertz CT molecular complexity index is 1250. The van der Waals surface area contributed by atoms with Crippen LogP contribution in [0.2, 0.25) is 0 Å². The first-order valence-corrected chi connectivity index (χ1v) is 15.5. The van der Waals surface area contributed by atoms with Gasteiger partial charge in [0, 0.05) is 6.54 Å². The number of aryl methyl sites for hydroxylation is 1. The number of likely N-dealkylation sites (N-methyl/N-ethyl adjacent to an activating group) is 1. The summed E-state index contributed by atoms with van der Waals surface area (Å²) >= 11 is 1.05. The number of thioether (sulfide) groups is 1. The first kappa shape index (κ1) is 29.8. The molecule has 38 heavy (non-hydrogen) atoms. The first-order valence-electron chi connectivity index (χ1n) is 13.3. The molecule has 2 aromatic carbocycles. The predicted molar refractivity (Wildman–Crippen MR) is 155 cm³/mol. The normalized spacial score (nSPS) is 16.0. The Morgan fingerprint density at radius 1 is 0.947 bits per heavy atom. The van der Waals surface area contributed by atoms with Gasteiger partial charge < -0.3 is 9.47 Å². The number of amidine groups is 1. The molecule has 0 spiro atoms. The molecule has 0 aromatic heterocycles. The second kappa shape index (κ2) is 14.4. The Balaban J connectivity index is 1.73. The number of carbonyl (C=O) groups is 1. The number of amides is 1. The van der Waals surface area contributed by atoms with Crippen LogP contribution in [0.3, 0.4) is 0 Å². The summed E-state index contributed by atoms with van der Waals surface area (Å²) in [5.41, 5.74) is 1.79. The number of sulfonamides is 1. The average molecular weight is 559 g/mol. The zero-order valence-corrected chi connectivity index (χ0v) is 24.4. The lowest BCUT2D eigenvalue weighted by molar-refractivity contribution is -0.122. The lowest BCUT2D eigenvalue weighted by atomic mass is 10.1. The molecule has 0 aliphatic carbocycles. The molecule has 1 aliphatic rings. The quantitative estimate of drug-likeness (QED) is 0.190. The van der Waals surface area contributed by atoms with E-state index in [1.165, 1.54) is 30.6 Å². The zero-order valence-electron chi connectivity index (χ0n) is 22.7. The number of unbranched alkanes of at least 4 members (excludes halogenated alkanes) is 5. The summed E-state index contributed by atoms with van der Waals surface area (Å²) < 4.78 is 41.3. The van der Waals surface area contributed by atoms with Crippen LogP contribution in [0.25, 0.3) is 6.08 Å². The van der Waals surface area contributed by atoms with E-state index in [-0.39, 0.29) is 16.0 Å². The van der Waals surface area contributed by atoms with Gasteiger partial charge in [-0.15, -0.1) is 4.40 Å². The molecule has 0 radical (unpaired) electrons. The van der Waals surface area contributed by atoms with Gasteiger partial charge in [-0.3, -0.25) is 9.69 Å². The Labute approximate surface area is 231 Å². The Hall–Kier alpha value is -2.78. The topological polar surface area (TPSA) is 85.3 Å². The molecule has 2 aromatic rings. The average Bonchev–Trinajstić information content (AvgIpc) is 3.21. The van der Waals surface area contributed by atoms with Crippen molar-refractivity contribution in [3.05, 3.63) is 58.5 Å². The number of nitrogens with zero attached hydrogens (tertiary/aromatic N) is 2. The number of methoxy groups -OCH3 is 1. The highest BCUT2D eigenvalue weighted by Crippen LogP contribution is 2.35. The number of hydrogen-bond donors (Lipinski definition) is 0. The highest BCUT2D eigenvalue weighted by atomic mass is 32.2. The maximum Gasteiger partial charge on any atom is 0.284 e. The van der Waals surface area contributed by atoms with E-state index < -0.39 is 10.0 Å². The van der Waals surface area contributed by atoms with Crippen LogP contribution in [-0.4, -0.2) is 44.7 Å². The molecule has 0 saturated carbocycles. The van der Waals surface area contributed by atoms with Crippen molar-refractivity contribution >= 4 is 38.9 Å². The Morgan fingerprint density at radius 3 is 2.32 bits per heavy atom. The van der Waals surface area contributed by atoms with Crippen molar-refractivity contribution in [1.29, 1.82) is 0 Å². The number of carbonyl (C=O) groups excluding carboxylic acids is 1. The lowest BCUT2D eigenvalue weighted by Crippen LogP contribution is -2.29. The molecule has 206 valence electrons. The first-order chi connectivity index (χ1) is 18.3. The number of hydrogen-bond acceptors (Lipinski definition) is 6. The van der Waals surface area contributed by atoms with Crippen LogP contribution in [0.4, 0.5) is 0 Å². The maximum absolute atomic E-state index is 13.1. The van der Waals surface area contributed by atoms with Crippen LogP contribution in [0.1, 0.15) is 70.4 Å². The van der Waals surface area contributed by atoms with Gasteiger partial charge in [-0.05, 0) is 73.0 Å². The highest BCUT2D eigenvalue weighted by Gasteiger charge is 2.34. The molecule has 1 fully saturated rings. The minimum atomic E-state index is -3.96. The standard InChI is InChI=1S/C29H38N2O5S2/c1-5-8-9-10-11-12-19-36-25-18-15-23(20-26(25)35-4)21-27-28(32)31(7-3)29(37-27)30-38(33,34)24-16-13-22(6-2)14-17-24/h13-18,20-21H,5-12,19H2,1-4H3/b27-21-,30-29?. The van der Waals surface area contributed by atoms with Gasteiger partial charge in [0.2, 0.25) is 0 Å². The predicted octanol–water partition coefficient (Wildman–Crippen LogP) is 6.68. The van der Waals surface area contributed by atoms with E-state index in [0.29, 0.717) is 29.6 Å². The van der Waals surface area contributed by atoms with Crippen molar-refractivity contribution in [1.82, 2.24) is 4.90 Å². The largest absolute Gasteiger partial charge is 0.493 e. The molecule has 0 N–H and O–H groups in total.